The maximum absolute atomic E-state index is 12.5. The third-order valence-corrected chi connectivity index (χ3v) is 5.71. The third-order valence-electron chi connectivity index (χ3n) is 4.85. The van der Waals surface area contributed by atoms with Crippen molar-refractivity contribution in [1.82, 2.24) is 9.80 Å². The van der Waals surface area contributed by atoms with E-state index in [0.717, 1.165) is 38.4 Å². The summed E-state index contributed by atoms with van der Waals surface area (Å²) in [5.41, 5.74) is 1.38. The average molecular weight is 372 g/mol. The lowest BCUT2D eigenvalue weighted by Crippen LogP contribution is -2.52. The lowest BCUT2D eigenvalue weighted by atomic mass is 10.1. The van der Waals surface area contributed by atoms with Gasteiger partial charge in [-0.15, -0.1) is 11.3 Å². The molecule has 0 aliphatic carbocycles. The maximum Gasteiger partial charge on any atom is 0.241 e. The van der Waals surface area contributed by atoms with Crippen LogP contribution in [-0.4, -0.2) is 53.7 Å². The molecule has 0 spiro atoms. The summed E-state index contributed by atoms with van der Waals surface area (Å²) in [6.07, 6.45) is 0. The maximum atomic E-state index is 12.5. The van der Waals surface area contributed by atoms with E-state index >= 15 is 0 Å². The fraction of sp³-hybridized carbons (Fsp3) is 0.400. The number of nitrogens with one attached hydrogen (secondary N) is 1. The van der Waals surface area contributed by atoms with E-state index in [2.05, 4.69) is 32.6 Å². The summed E-state index contributed by atoms with van der Waals surface area (Å²) in [7, 11) is 0. The van der Waals surface area contributed by atoms with Crippen LogP contribution in [0.4, 0.5) is 5.69 Å². The zero-order chi connectivity index (χ0) is 18.5. The molecular weight excluding hydrogens is 346 g/mol. The first-order valence-corrected chi connectivity index (χ1v) is 9.81. The van der Waals surface area contributed by atoms with E-state index in [0.29, 0.717) is 5.56 Å². The summed E-state index contributed by atoms with van der Waals surface area (Å²) in [5.74, 6) is 0.0175. The second-order valence-corrected chi connectivity index (χ2v) is 7.72. The number of rotatable bonds is 6. The van der Waals surface area contributed by atoms with Crippen LogP contribution in [0.25, 0.3) is 0 Å². The van der Waals surface area contributed by atoms with E-state index in [9.17, 15) is 9.59 Å². The molecule has 1 saturated heterocycles. The number of thiophene rings is 1. The van der Waals surface area contributed by atoms with Gasteiger partial charge in [-0.05, 0) is 49.6 Å². The van der Waals surface area contributed by atoms with Gasteiger partial charge in [-0.2, -0.15) is 0 Å². The van der Waals surface area contributed by atoms with Gasteiger partial charge in [-0.1, -0.05) is 6.07 Å². The Morgan fingerprint density at radius 1 is 1.12 bits per heavy atom. The number of piperazine rings is 1. The molecular formula is C20H25N3O2S. The van der Waals surface area contributed by atoms with Gasteiger partial charge in [0.1, 0.15) is 0 Å². The van der Waals surface area contributed by atoms with E-state index in [1.807, 2.05) is 6.92 Å². The van der Waals surface area contributed by atoms with Gasteiger partial charge in [0, 0.05) is 48.9 Å². The first kappa shape index (κ1) is 18.8. The Morgan fingerprint density at radius 3 is 2.38 bits per heavy atom. The van der Waals surface area contributed by atoms with Crippen LogP contribution in [0.3, 0.4) is 0 Å². The number of amides is 1. The predicted molar refractivity (Wildman–Crippen MR) is 106 cm³/mol. The standard InChI is InChI=1S/C20H25N3O2S/c1-15(20(25)21-18-7-5-17(6-8-18)16(2)24)23-11-9-22(10-12-23)14-19-4-3-13-26-19/h3-8,13,15H,9-12,14H2,1-2H3,(H,21,25)/t15-/m0/s1. The first-order valence-electron chi connectivity index (χ1n) is 8.93. The molecule has 138 valence electrons. The minimum Gasteiger partial charge on any atom is -0.325 e. The number of carbonyl (C=O) groups is 2. The van der Waals surface area contributed by atoms with Gasteiger partial charge in [0.15, 0.2) is 5.78 Å². The van der Waals surface area contributed by atoms with Gasteiger partial charge in [-0.25, -0.2) is 0 Å². The number of anilines is 1. The third kappa shape index (κ3) is 4.78. The van der Waals surface area contributed by atoms with Crippen LogP contribution in [0.2, 0.25) is 0 Å². The molecule has 6 heteroatoms. The number of hydrogen-bond donors (Lipinski definition) is 1. The topological polar surface area (TPSA) is 52.7 Å². The second kappa shape index (κ2) is 8.58. The molecule has 2 aromatic rings. The molecule has 0 saturated carbocycles. The zero-order valence-corrected chi connectivity index (χ0v) is 16.1. The normalized spacial score (nSPS) is 17.0. The van der Waals surface area contributed by atoms with Crippen LogP contribution >= 0.6 is 11.3 Å². The summed E-state index contributed by atoms with van der Waals surface area (Å²) in [6, 6.07) is 11.1. The van der Waals surface area contributed by atoms with Crippen LogP contribution in [-0.2, 0) is 11.3 Å². The summed E-state index contributed by atoms with van der Waals surface area (Å²) < 4.78 is 0. The Hall–Kier alpha value is -2.02. The minimum absolute atomic E-state index is 0.00715. The molecule has 1 atom stereocenters. The van der Waals surface area contributed by atoms with Crippen molar-refractivity contribution in [2.45, 2.75) is 26.4 Å². The average Bonchev–Trinajstić information content (AvgIpc) is 3.15. The Kier molecular flexibility index (Phi) is 6.19. The highest BCUT2D eigenvalue weighted by molar-refractivity contribution is 7.09. The second-order valence-electron chi connectivity index (χ2n) is 6.69. The van der Waals surface area contributed by atoms with Crippen molar-refractivity contribution >= 4 is 28.7 Å². The number of hydrogen-bond acceptors (Lipinski definition) is 5. The molecule has 0 bridgehead atoms. The highest BCUT2D eigenvalue weighted by atomic mass is 32.1. The molecule has 1 aliphatic heterocycles. The van der Waals surface area contributed by atoms with Gasteiger partial charge in [0.05, 0.1) is 6.04 Å². The Morgan fingerprint density at radius 2 is 1.81 bits per heavy atom. The van der Waals surface area contributed by atoms with E-state index in [1.54, 1.807) is 35.6 Å². The molecule has 26 heavy (non-hydrogen) atoms. The largest absolute Gasteiger partial charge is 0.325 e. The Labute approximate surface area is 158 Å². The molecule has 1 aromatic carbocycles. The number of nitrogens with zero attached hydrogens (tertiary/aromatic N) is 2. The lowest BCUT2D eigenvalue weighted by molar-refractivity contribution is -0.121. The summed E-state index contributed by atoms with van der Waals surface area (Å²) in [5, 5.41) is 5.06. The first-order chi connectivity index (χ1) is 12.5. The van der Waals surface area contributed by atoms with Crippen molar-refractivity contribution in [1.29, 1.82) is 0 Å². The number of Topliss-reactive ketones (excluding diaryl/α,β-unsaturated/α-hetero) is 1. The lowest BCUT2D eigenvalue weighted by Gasteiger charge is -2.37. The molecule has 1 N–H and O–H groups in total. The summed E-state index contributed by atoms with van der Waals surface area (Å²) in [6.45, 7) is 8.22. The molecule has 3 rings (SSSR count). The van der Waals surface area contributed by atoms with E-state index in [1.165, 1.54) is 11.8 Å². The number of ketones is 1. The van der Waals surface area contributed by atoms with Crippen LogP contribution in [0, 0.1) is 0 Å². The highest BCUT2D eigenvalue weighted by Gasteiger charge is 2.25. The van der Waals surface area contributed by atoms with Crippen molar-refractivity contribution in [2.75, 3.05) is 31.5 Å². The fourth-order valence-corrected chi connectivity index (χ4v) is 3.88. The Bertz CT molecular complexity index is 735. The quantitative estimate of drug-likeness (QED) is 0.793. The van der Waals surface area contributed by atoms with E-state index in [-0.39, 0.29) is 17.7 Å². The van der Waals surface area contributed by atoms with Crippen LogP contribution in [0.1, 0.15) is 29.1 Å². The highest BCUT2D eigenvalue weighted by Crippen LogP contribution is 2.16. The van der Waals surface area contributed by atoms with Crippen molar-refractivity contribution in [2.24, 2.45) is 0 Å². The van der Waals surface area contributed by atoms with Gasteiger partial charge < -0.3 is 5.32 Å². The van der Waals surface area contributed by atoms with Crippen molar-refractivity contribution in [3.8, 4) is 0 Å². The van der Waals surface area contributed by atoms with Gasteiger partial charge >= 0.3 is 0 Å². The van der Waals surface area contributed by atoms with Crippen LogP contribution in [0.15, 0.2) is 41.8 Å². The molecule has 0 radical (unpaired) electrons. The molecule has 2 heterocycles. The fourth-order valence-electron chi connectivity index (χ4n) is 3.13. The number of carbonyl (C=O) groups excluding carboxylic acids is 2. The summed E-state index contributed by atoms with van der Waals surface area (Å²) >= 11 is 1.79. The van der Waals surface area contributed by atoms with Gasteiger partial charge in [0.25, 0.3) is 0 Å². The van der Waals surface area contributed by atoms with Gasteiger partial charge in [0.2, 0.25) is 5.91 Å². The monoisotopic (exact) mass is 371 g/mol. The van der Waals surface area contributed by atoms with Crippen molar-refractivity contribution in [3.63, 3.8) is 0 Å². The molecule has 1 aliphatic rings. The molecule has 0 unspecified atom stereocenters. The zero-order valence-electron chi connectivity index (χ0n) is 15.3. The van der Waals surface area contributed by atoms with Gasteiger partial charge in [-0.3, -0.25) is 19.4 Å². The van der Waals surface area contributed by atoms with Crippen LogP contribution < -0.4 is 5.32 Å². The molecule has 1 aromatic heterocycles. The Balaban J connectivity index is 1.48. The molecule has 1 amide bonds. The SMILES string of the molecule is CC(=O)c1ccc(NC(=O)[C@H](C)N2CCN(Cc3cccs3)CC2)cc1. The van der Waals surface area contributed by atoms with Crippen LogP contribution in [0.5, 0.6) is 0 Å². The van der Waals surface area contributed by atoms with Crippen molar-refractivity contribution in [3.05, 3.63) is 52.2 Å². The summed E-state index contributed by atoms with van der Waals surface area (Å²) in [4.78, 5) is 29.9. The van der Waals surface area contributed by atoms with E-state index < -0.39 is 0 Å². The van der Waals surface area contributed by atoms with E-state index in [4.69, 9.17) is 0 Å². The predicted octanol–water partition coefficient (Wildman–Crippen LogP) is 3.10. The number of benzene rings is 1. The minimum atomic E-state index is -0.175. The molecule has 1 fully saturated rings. The van der Waals surface area contributed by atoms with Crippen molar-refractivity contribution < 1.29 is 9.59 Å². The molecule has 5 nitrogen and oxygen atoms in total. The smallest absolute Gasteiger partial charge is 0.241 e.